The van der Waals surface area contributed by atoms with Crippen LogP contribution >= 0.6 is 11.6 Å². The number of hydrogen-bond donors (Lipinski definition) is 3. The van der Waals surface area contributed by atoms with E-state index in [0.717, 1.165) is 19.4 Å². The molecule has 0 aromatic heterocycles. The third kappa shape index (κ3) is 6.37. The van der Waals surface area contributed by atoms with Crippen molar-refractivity contribution in [1.82, 2.24) is 5.32 Å². The van der Waals surface area contributed by atoms with Crippen LogP contribution in [0.25, 0.3) is 0 Å². The zero-order valence-corrected chi connectivity index (χ0v) is 12.8. The Labute approximate surface area is 125 Å². The number of nitrogens with one attached hydrogen (secondary N) is 2. The lowest BCUT2D eigenvalue weighted by atomic mass is 9.88. The van der Waals surface area contributed by atoms with Gasteiger partial charge in [0, 0.05) is 13.2 Å². The fourth-order valence-electron chi connectivity index (χ4n) is 1.92. The molecule has 0 unspecified atom stereocenters. The molecule has 0 bridgehead atoms. The Bertz CT molecular complexity index is 436. The lowest BCUT2D eigenvalue weighted by molar-refractivity contribution is -0.115. The third-order valence-electron chi connectivity index (χ3n) is 3.05. The Hall–Kier alpha value is -1.10. The number of anilines is 1. The van der Waals surface area contributed by atoms with E-state index in [0.29, 0.717) is 10.7 Å². The number of aliphatic hydroxyl groups excluding tert-OH is 1. The second kappa shape index (κ2) is 8.25. The van der Waals surface area contributed by atoms with Crippen LogP contribution < -0.4 is 10.6 Å². The first-order valence-electron chi connectivity index (χ1n) is 6.80. The Morgan fingerprint density at radius 1 is 1.35 bits per heavy atom. The summed E-state index contributed by atoms with van der Waals surface area (Å²) in [6.45, 7) is 5.40. The van der Waals surface area contributed by atoms with Crippen LogP contribution in [0, 0.1) is 5.41 Å². The van der Waals surface area contributed by atoms with Crippen molar-refractivity contribution in [2.24, 2.45) is 5.41 Å². The predicted molar refractivity (Wildman–Crippen MR) is 83.1 cm³/mol. The summed E-state index contributed by atoms with van der Waals surface area (Å²) in [7, 11) is 0. The monoisotopic (exact) mass is 298 g/mol. The first-order chi connectivity index (χ1) is 9.44. The van der Waals surface area contributed by atoms with E-state index in [-0.39, 0.29) is 24.5 Å². The first-order valence-corrected chi connectivity index (χ1v) is 7.18. The van der Waals surface area contributed by atoms with Gasteiger partial charge in [-0.2, -0.15) is 0 Å². The third-order valence-corrected chi connectivity index (χ3v) is 3.38. The van der Waals surface area contributed by atoms with Crippen LogP contribution in [0.5, 0.6) is 0 Å². The van der Waals surface area contributed by atoms with Crippen LogP contribution in [0.4, 0.5) is 5.69 Å². The summed E-state index contributed by atoms with van der Waals surface area (Å²) >= 11 is 5.97. The fraction of sp³-hybridized carbons (Fsp3) is 0.533. The van der Waals surface area contributed by atoms with Gasteiger partial charge in [-0.15, -0.1) is 0 Å². The number of amides is 1. The molecule has 1 aromatic carbocycles. The highest BCUT2D eigenvalue weighted by Gasteiger charge is 2.17. The molecule has 0 heterocycles. The van der Waals surface area contributed by atoms with Gasteiger partial charge in [-0.3, -0.25) is 4.79 Å². The molecule has 20 heavy (non-hydrogen) atoms. The maximum atomic E-state index is 11.8. The van der Waals surface area contributed by atoms with Gasteiger partial charge < -0.3 is 15.7 Å². The first kappa shape index (κ1) is 17.0. The maximum Gasteiger partial charge on any atom is 0.238 e. The van der Waals surface area contributed by atoms with Crippen molar-refractivity contribution in [2.75, 3.05) is 25.0 Å². The van der Waals surface area contributed by atoms with E-state index < -0.39 is 0 Å². The molecule has 0 saturated carbocycles. The SMILES string of the molecule is CC(C)(CCCO)CNCC(=O)Nc1ccccc1Cl. The quantitative estimate of drug-likeness (QED) is 0.691. The van der Waals surface area contributed by atoms with Crippen molar-refractivity contribution < 1.29 is 9.90 Å². The Morgan fingerprint density at radius 3 is 2.70 bits per heavy atom. The van der Waals surface area contributed by atoms with Gasteiger partial charge in [0.1, 0.15) is 0 Å². The smallest absolute Gasteiger partial charge is 0.238 e. The molecule has 4 nitrogen and oxygen atoms in total. The molecule has 3 N–H and O–H groups in total. The van der Waals surface area contributed by atoms with E-state index >= 15 is 0 Å². The molecule has 0 aliphatic heterocycles. The minimum Gasteiger partial charge on any atom is -0.396 e. The molecular weight excluding hydrogens is 276 g/mol. The molecule has 0 atom stereocenters. The van der Waals surface area contributed by atoms with E-state index in [9.17, 15) is 4.79 Å². The average Bonchev–Trinajstić information content (AvgIpc) is 2.39. The highest BCUT2D eigenvalue weighted by atomic mass is 35.5. The second-order valence-electron chi connectivity index (χ2n) is 5.62. The van der Waals surface area contributed by atoms with Crippen molar-refractivity contribution in [3.63, 3.8) is 0 Å². The van der Waals surface area contributed by atoms with E-state index in [1.807, 2.05) is 12.1 Å². The fourth-order valence-corrected chi connectivity index (χ4v) is 2.10. The molecule has 0 spiro atoms. The number of carbonyl (C=O) groups excluding carboxylic acids is 1. The number of rotatable bonds is 8. The second-order valence-corrected chi connectivity index (χ2v) is 6.03. The molecule has 1 rings (SSSR count). The van der Waals surface area contributed by atoms with Crippen molar-refractivity contribution in [3.8, 4) is 0 Å². The summed E-state index contributed by atoms with van der Waals surface area (Å²) in [4.78, 5) is 11.8. The van der Waals surface area contributed by atoms with E-state index in [1.54, 1.807) is 12.1 Å². The van der Waals surface area contributed by atoms with Crippen LogP contribution in [0.1, 0.15) is 26.7 Å². The molecule has 0 fully saturated rings. The summed E-state index contributed by atoms with van der Waals surface area (Å²) in [6, 6.07) is 7.15. The normalized spacial score (nSPS) is 11.4. The average molecular weight is 299 g/mol. The van der Waals surface area contributed by atoms with Gasteiger partial charge in [0.15, 0.2) is 0 Å². The molecule has 0 aliphatic rings. The number of hydrogen-bond acceptors (Lipinski definition) is 3. The summed E-state index contributed by atoms with van der Waals surface area (Å²) in [5, 5.41) is 15.3. The van der Waals surface area contributed by atoms with Gasteiger partial charge in [-0.25, -0.2) is 0 Å². The van der Waals surface area contributed by atoms with Gasteiger partial charge in [0.25, 0.3) is 0 Å². The minimum absolute atomic E-state index is 0.0629. The highest BCUT2D eigenvalue weighted by Crippen LogP contribution is 2.21. The Kier molecular flexibility index (Phi) is 6.99. The zero-order valence-electron chi connectivity index (χ0n) is 12.1. The van der Waals surface area contributed by atoms with E-state index in [4.69, 9.17) is 16.7 Å². The van der Waals surface area contributed by atoms with E-state index in [2.05, 4.69) is 24.5 Å². The molecule has 0 saturated heterocycles. The molecule has 1 aromatic rings. The Balaban J connectivity index is 2.32. The van der Waals surface area contributed by atoms with Gasteiger partial charge in [-0.05, 0) is 30.4 Å². The molecule has 0 radical (unpaired) electrons. The summed E-state index contributed by atoms with van der Waals surface area (Å²) in [5.74, 6) is -0.115. The summed E-state index contributed by atoms with van der Waals surface area (Å²) < 4.78 is 0. The van der Waals surface area contributed by atoms with Gasteiger partial charge in [0.2, 0.25) is 5.91 Å². The van der Waals surface area contributed by atoms with E-state index in [1.165, 1.54) is 0 Å². The lowest BCUT2D eigenvalue weighted by Gasteiger charge is -2.24. The van der Waals surface area contributed by atoms with Crippen molar-refractivity contribution >= 4 is 23.2 Å². The largest absolute Gasteiger partial charge is 0.396 e. The number of halogens is 1. The number of benzene rings is 1. The molecule has 5 heteroatoms. The highest BCUT2D eigenvalue weighted by molar-refractivity contribution is 6.33. The predicted octanol–water partition coefficient (Wildman–Crippen LogP) is 2.67. The van der Waals surface area contributed by atoms with Crippen LogP contribution in [-0.2, 0) is 4.79 Å². The number of aliphatic hydroxyl groups is 1. The van der Waals surface area contributed by atoms with Crippen LogP contribution in [0.2, 0.25) is 5.02 Å². The Morgan fingerprint density at radius 2 is 2.05 bits per heavy atom. The maximum absolute atomic E-state index is 11.8. The van der Waals surface area contributed by atoms with Gasteiger partial charge in [-0.1, -0.05) is 37.6 Å². The number of para-hydroxylation sites is 1. The van der Waals surface area contributed by atoms with Crippen LogP contribution in [0.15, 0.2) is 24.3 Å². The van der Waals surface area contributed by atoms with Crippen molar-refractivity contribution in [2.45, 2.75) is 26.7 Å². The number of carbonyl (C=O) groups is 1. The molecule has 1 amide bonds. The topological polar surface area (TPSA) is 61.4 Å². The molecule has 112 valence electrons. The van der Waals surface area contributed by atoms with Crippen LogP contribution in [-0.4, -0.2) is 30.7 Å². The van der Waals surface area contributed by atoms with Gasteiger partial charge >= 0.3 is 0 Å². The van der Waals surface area contributed by atoms with Crippen molar-refractivity contribution in [1.29, 1.82) is 0 Å². The minimum atomic E-state index is -0.115. The lowest BCUT2D eigenvalue weighted by Crippen LogP contribution is -2.35. The molecular formula is C15H23ClN2O2. The molecule has 0 aliphatic carbocycles. The van der Waals surface area contributed by atoms with Crippen LogP contribution in [0.3, 0.4) is 0 Å². The standard InChI is InChI=1S/C15H23ClN2O2/c1-15(2,8-5-9-19)11-17-10-14(20)18-13-7-4-3-6-12(13)16/h3-4,6-7,17,19H,5,8-11H2,1-2H3,(H,18,20). The summed E-state index contributed by atoms with van der Waals surface area (Å²) in [5.41, 5.74) is 0.688. The van der Waals surface area contributed by atoms with Gasteiger partial charge in [0.05, 0.1) is 17.3 Å². The van der Waals surface area contributed by atoms with Crippen molar-refractivity contribution in [3.05, 3.63) is 29.3 Å². The zero-order chi connectivity index (χ0) is 15.0. The summed E-state index contributed by atoms with van der Waals surface area (Å²) in [6.07, 6.45) is 1.70.